The maximum Gasteiger partial charge on any atom is 1.00 e. The van der Waals surface area contributed by atoms with E-state index in [0.29, 0.717) is 12.3 Å². The van der Waals surface area contributed by atoms with Gasteiger partial charge in [0.15, 0.2) is 0 Å². The number of para-hydroxylation sites is 1. The van der Waals surface area contributed by atoms with E-state index >= 15 is 0 Å². The van der Waals surface area contributed by atoms with Crippen molar-refractivity contribution in [3.05, 3.63) is 96.8 Å². The van der Waals surface area contributed by atoms with Gasteiger partial charge in [-0.1, -0.05) is 48.5 Å². The summed E-state index contributed by atoms with van der Waals surface area (Å²) in [5.74, 6) is 0. The minimum atomic E-state index is 0. The fourth-order valence-corrected chi connectivity index (χ4v) is 1.98. The third-order valence-corrected chi connectivity index (χ3v) is 3.25. The Balaban J connectivity index is 0.00000288. The number of rotatable bonds is 7. The number of hydrogen-bond acceptors (Lipinski definition) is 3. The molecule has 0 aliphatic carbocycles. The van der Waals surface area contributed by atoms with E-state index in [4.69, 9.17) is 4.74 Å². The molecule has 0 aliphatic rings. The van der Waals surface area contributed by atoms with Crippen LogP contribution in [0.25, 0.3) is 0 Å². The summed E-state index contributed by atoms with van der Waals surface area (Å²) in [6.07, 6.45) is 6.96. The molecule has 0 heterocycles. The van der Waals surface area contributed by atoms with Crippen LogP contribution in [-0.2, 0) is 11.3 Å². The first-order valence-corrected chi connectivity index (χ1v) is 7.36. The molecular formula is C20H19LiN2O. The number of nitriles is 1. The maximum atomic E-state index is 9.27. The van der Waals surface area contributed by atoms with Gasteiger partial charge >= 0.3 is 18.9 Å². The third-order valence-electron chi connectivity index (χ3n) is 3.25. The van der Waals surface area contributed by atoms with Crippen LogP contribution in [0.1, 0.15) is 5.56 Å². The summed E-state index contributed by atoms with van der Waals surface area (Å²) < 4.78 is 5.44. The number of anilines is 1. The molecule has 0 saturated carbocycles. The van der Waals surface area contributed by atoms with Crippen molar-refractivity contribution in [2.75, 3.05) is 11.9 Å². The van der Waals surface area contributed by atoms with Gasteiger partial charge in [0.2, 0.25) is 0 Å². The van der Waals surface area contributed by atoms with Gasteiger partial charge in [-0.2, -0.15) is 6.42 Å². The average molecular weight is 310 g/mol. The fraction of sp³-hybridized carbons (Fsp3) is 0.100. The van der Waals surface area contributed by atoms with Crippen molar-refractivity contribution in [1.29, 1.82) is 5.26 Å². The molecule has 2 rings (SSSR count). The number of ether oxygens (including phenoxy) is 1. The summed E-state index contributed by atoms with van der Waals surface area (Å²) in [6.45, 7) is 0.532. The van der Waals surface area contributed by atoms with Crippen LogP contribution in [0.5, 0.6) is 0 Å². The van der Waals surface area contributed by atoms with E-state index < -0.39 is 0 Å². The van der Waals surface area contributed by atoms with Gasteiger partial charge in [-0.3, -0.25) is 0 Å². The van der Waals surface area contributed by atoms with E-state index in [1.54, 1.807) is 24.8 Å². The van der Waals surface area contributed by atoms with Crippen LogP contribution in [0.15, 0.2) is 84.8 Å². The normalized spacial score (nSPS) is 10.6. The Morgan fingerprint density at radius 1 is 1.12 bits per heavy atom. The SMILES string of the molecule is CN(/C(C#N)=C\[CH-]/C=C/OCc1ccccc1)c1ccccc1.[Li+]. The summed E-state index contributed by atoms with van der Waals surface area (Å²) in [4.78, 5) is 1.84. The molecule has 0 aromatic heterocycles. The zero-order valence-electron chi connectivity index (χ0n) is 14.1. The largest absolute Gasteiger partial charge is 1.00 e. The van der Waals surface area contributed by atoms with Crippen LogP contribution in [-0.4, -0.2) is 7.05 Å². The second-order valence-corrected chi connectivity index (χ2v) is 4.88. The quantitative estimate of drug-likeness (QED) is 0.336. The van der Waals surface area contributed by atoms with Crippen molar-refractivity contribution in [2.45, 2.75) is 6.61 Å². The molecule has 0 bridgehead atoms. The van der Waals surface area contributed by atoms with Crippen LogP contribution in [0.3, 0.4) is 0 Å². The zero-order chi connectivity index (χ0) is 16.3. The molecule has 3 nitrogen and oxygen atoms in total. The van der Waals surface area contributed by atoms with Crippen LogP contribution in [0, 0.1) is 17.8 Å². The van der Waals surface area contributed by atoms with Crippen molar-refractivity contribution in [2.24, 2.45) is 0 Å². The van der Waals surface area contributed by atoms with Crippen molar-refractivity contribution >= 4 is 5.69 Å². The molecular weight excluding hydrogens is 291 g/mol. The first-order chi connectivity index (χ1) is 11.3. The predicted molar refractivity (Wildman–Crippen MR) is 93.2 cm³/mol. The van der Waals surface area contributed by atoms with Gasteiger partial charge in [0.1, 0.15) is 0 Å². The summed E-state index contributed by atoms with van der Waals surface area (Å²) in [7, 11) is 1.87. The summed E-state index contributed by atoms with van der Waals surface area (Å²) >= 11 is 0. The zero-order valence-corrected chi connectivity index (χ0v) is 14.1. The van der Waals surface area contributed by atoms with Gasteiger partial charge in [-0.05, 0) is 31.0 Å². The maximum absolute atomic E-state index is 9.27. The molecule has 0 N–H and O–H groups in total. The smallest absolute Gasteiger partial charge is 0.553 e. The molecule has 116 valence electrons. The molecule has 0 atom stereocenters. The first-order valence-electron chi connectivity index (χ1n) is 7.36. The van der Waals surface area contributed by atoms with Crippen LogP contribution in [0.2, 0.25) is 0 Å². The third kappa shape index (κ3) is 6.30. The van der Waals surface area contributed by atoms with E-state index in [2.05, 4.69) is 6.07 Å². The van der Waals surface area contributed by atoms with E-state index in [-0.39, 0.29) is 18.9 Å². The standard InChI is InChI=1S/C20H19N2O.Li/c1-22(19-12-6-3-7-13-19)20(16-21)14-8-9-15-23-17-18-10-4-2-5-11-18;/h2-15H,17H2,1H3;/q-1;+1/b15-9+,20-14-;. The Morgan fingerprint density at radius 3 is 2.38 bits per heavy atom. The molecule has 0 saturated heterocycles. The molecule has 0 aliphatic heterocycles. The van der Waals surface area contributed by atoms with Crippen molar-refractivity contribution in [1.82, 2.24) is 0 Å². The Labute approximate surface area is 156 Å². The average Bonchev–Trinajstić information content (AvgIpc) is 2.62. The molecule has 0 radical (unpaired) electrons. The Hall–Kier alpha value is -2.52. The number of allylic oxidation sites excluding steroid dienone is 3. The predicted octanol–water partition coefficient (Wildman–Crippen LogP) is 1.47. The van der Waals surface area contributed by atoms with Crippen molar-refractivity contribution in [3.63, 3.8) is 0 Å². The Bertz CT molecular complexity index is 691. The van der Waals surface area contributed by atoms with Gasteiger partial charge in [0, 0.05) is 17.5 Å². The van der Waals surface area contributed by atoms with Crippen molar-refractivity contribution < 1.29 is 23.6 Å². The topological polar surface area (TPSA) is 36.3 Å². The molecule has 0 amide bonds. The summed E-state index contributed by atoms with van der Waals surface area (Å²) in [5.41, 5.74) is 2.65. The summed E-state index contributed by atoms with van der Waals surface area (Å²) in [6, 6.07) is 21.9. The van der Waals surface area contributed by atoms with Gasteiger partial charge < -0.3 is 9.64 Å². The molecule has 24 heavy (non-hydrogen) atoms. The second kappa shape index (κ2) is 11.1. The minimum Gasteiger partial charge on any atom is -0.553 e. The monoisotopic (exact) mass is 310 g/mol. The van der Waals surface area contributed by atoms with E-state index in [1.807, 2.05) is 72.6 Å². The molecule has 2 aromatic carbocycles. The molecule has 4 heteroatoms. The van der Waals surface area contributed by atoms with Crippen LogP contribution in [0.4, 0.5) is 5.69 Å². The van der Waals surface area contributed by atoms with Gasteiger partial charge in [-0.15, -0.1) is 12.2 Å². The molecule has 2 aromatic rings. The minimum absolute atomic E-state index is 0. The van der Waals surface area contributed by atoms with E-state index in [9.17, 15) is 5.26 Å². The van der Waals surface area contributed by atoms with Gasteiger partial charge in [-0.25, -0.2) is 5.26 Å². The van der Waals surface area contributed by atoms with Crippen LogP contribution >= 0.6 is 0 Å². The van der Waals surface area contributed by atoms with Crippen LogP contribution < -0.4 is 23.8 Å². The number of hydrogen-bond donors (Lipinski definition) is 0. The van der Waals surface area contributed by atoms with E-state index in [0.717, 1.165) is 11.3 Å². The first kappa shape index (κ1) is 19.5. The van der Waals surface area contributed by atoms with E-state index in [1.165, 1.54) is 0 Å². The van der Waals surface area contributed by atoms with Gasteiger partial charge in [0.25, 0.3) is 0 Å². The number of benzene rings is 2. The van der Waals surface area contributed by atoms with Gasteiger partial charge in [0.05, 0.1) is 6.61 Å². The summed E-state index contributed by atoms with van der Waals surface area (Å²) in [5, 5.41) is 9.27. The molecule has 0 spiro atoms. The molecule has 0 fully saturated rings. The Morgan fingerprint density at radius 2 is 1.75 bits per heavy atom. The second-order valence-electron chi connectivity index (χ2n) is 4.88. The van der Waals surface area contributed by atoms with Crippen molar-refractivity contribution in [3.8, 4) is 6.07 Å². The Kier molecular flexibility index (Phi) is 9.01. The fourth-order valence-electron chi connectivity index (χ4n) is 1.98. The molecule has 0 unspecified atom stereocenters. The number of nitrogens with zero attached hydrogens (tertiary/aromatic N) is 2.